The summed E-state index contributed by atoms with van der Waals surface area (Å²) in [6, 6.07) is 23.3. The highest BCUT2D eigenvalue weighted by Crippen LogP contribution is 2.55. The third kappa shape index (κ3) is 30.0. The summed E-state index contributed by atoms with van der Waals surface area (Å²) < 4.78 is 292. The molecule has 0 aromatic heterocycles. The molecule has 134 heavy (non-hydrogen) atoms. The van der Waals surface area contributed by atoms with Crippen molar-refractivity contribution < 1.29 is 149 Å². The van der Waals surface area contributed by atoms with Gasteiger partial charge in [0.1, 0.15) is 13.1 Å². The maximum Gasteiger partial charge on any atom is 0.425 e. The second-order valence-electron chi connectivity index (χ2n) is 34.3. The molecule has 5 N–H and O–H groups in total. The van der Waals surface area contributed by atoms with Crippen LogP contribution in [-0.2, 0) is 124 Å². The summed E-state index contributed by atoms with van der Waals surface area (Å²) in [7, 11) is -36.3. The summed E-state index contributed by atoms with van der Waals surface area (Å²) >= 11 is 0. The number of allylic oxidation sites excluding steroid dienone is 10. The molecule has 6 aromatic carbocycles. The lowest BCUT2D eigenvalue weighted by Crippen LogP contribution is -2.30. The number of carbonyl (C=O) groups excluding carboxylic acids is 4. The van der Waals surface area contributed by atoms with Crippen LogP contribution in [0.2, 0.25) is 0 Å². The van der Waals surface area contributed by atoms with E-state index in [1.165, 1.54) is 30.3 Å². The van der Waals surface area contributed by atoms with E-state index in [1.807, 2.05) is 132 Å². The van der Waals surface area contributed by atoms with Crippen molar-refractivity contribution >= 4 is 172 Å². The quantitative estimate of drug-likeness (QED) is 0.00604. The Hall–Kier alpha value is -9.92. The van der Waals surface area contributed by atoms with E-state index in [4.69, 9.17) is 42.6 Å². The van der Waals surface area contributed by atoms with E-state index in [-0.39, 0.29) is 115 Å². The second-order valence-corrected chi connectivity index (χ2v) is 44.5. The number of hydrogen-bond acceptors (Lipinski definition) is 30. The molecule has 0 radical (unpaired) electrons. The Kier molecular flexibility index (Phi) is 39.0. The summed E-state index contributed by atoms with van der Waals surface area (Å²) in [5.74, 6) is -3.32. The predicted octanol–water partition coefficient (Wildman–Crippen LogP) is 11.1. The summed E-state index contributed by atoms with van der Waals surface area (Å²) in [6.45, 7) is 27.9. The number of fused-ring (bicyclic) bond motifs is 8. The molecule has 37 nitrogen and oxygen atoms in total. The molecule has 0 bridgehead atoms. The fourth-order valence-electron chi connectivity index (χ4n) is 17.4. The number of nitrogens with one attached hydrogen (secondary N) is 1. The van der Waals surface area contributed by atoms with Crippen LogP contribution < -0.4 is 15.1 Å². The van der Waals surface area contributed by atoms with E-state index in [1.54, 1.807) is 82.3 Å². The van der Waals surface area contributed by atoms with Crippen LogP contribution in [0.5, 0.6) is 0 Å². The van der Waals surface area contributed by atoms with Gasteiger partial charge < -0.3 is 29.0 Å². The Morgan fingerprint density at radius 2 is 1.01 bits per heavy atom. The maximum atomic E-state index is 13.7. The first-order chi connectivity index (χ1) is 61.8. The maximum absolute atomic E-state index is 13.7. The van der Waals surface area contributed by atoms with Crippen LogP contribution in [0.3, 0.4) is 0 Å². The van der Waals surface area contributed by atoms with Gasteiger partial charge in [-0.3, -0.25) is 37.4 Å². The molecule has 0 saturated heterocycles. The lowest BCUT2D eigenvalue weighted by molar-refractivity contribution is -0.438. The summed E-state index contributed by atoms with van der Waals surface area (Å²) in [4.78, 5) is 55.6. The van der Waals surface area contributed by atoms with Gasteiger partial charge in [0, 0.05) is 143 Å². The van der Waals surface area contributed by atoms with E-state index in [0.717, 1.165) is 45.7 Å². The Balaban J connectivity index is 0.000000375. The van der Waals surface area contributed by atoms with Gasteiger partial charge in [0.15, 0.2) is 23.0 Å². The molecule has 6 aromatic rings. The van der Waals surface area contributed by atoms with Gasteiger partial charge in [0.25, 0.3) is 46.4 Å². The molecule has 1 amide bonds. The molecule has 0 fully saturated rings. The molecule has 4 aliphatic rings. The van der Waals surface area contributed by atoms with Crippen LogP contribution in [0.15, 0.2) is 155 Å². The van der Waals surface area contributed by atoms with E-state index < -0.39 is 137 Å². The number of unbranched alkanes of at least 4 members (excludes halogenated alkanes) is 2. The Labute approximate surface area is 786 Å². The lowest BCUT2D eigenvalue weighted by Gasteiger charge is -2.31. The van der Waals surface area contributed by atoms with Gasteiger partial charge in [-0.1, -0.05) is 83.2 Å². The number of amides is 1. The fourth-order valence-corrected chi connectivity index (χ4v) is 20.5. The first-order valence-corrected chi connectivity index (χ1v) is 54.4. The van der Waals surface area contributed by atoms with Crippen molar-refractivity contribution in [2.75, 3.05) is 65.5 Å². The van der Waals surface area contributed by atoms with Crippen molar-refractivity contribution in [3.05, 3.63) is 189 Å². The van der Waals surface area contributed by atoms with Crippen molar-refractivity contribution in [2.45, 2.75) is 205 Å². The van der Waals surface area contributed by atoms with Crippen LogP contribution in [0.4, 0.5) is 22.7 Å². The standard InChI is InChI=1S/C48H58N2O14S4.C40H53N3O9S2.3O3S/c1-32(2)64-44(51)17-11-8-12-25-49-40-23-21-37-33(3)29-36(68(61,62)63)31-39(37)45(40)47(4,5)42(49)15-9-7-10-16-43-48(6,24-13-27-65(52,53)54)46-38-30-35(67(58,59)60)20-18-34(38)19-22-41(46)50(43)26-14-28-66(55,56)57;1-9-15-32(44)29-24-27(38(46)41-10-2)25-31-36(29)40(7,8)34(43(31)21-14-23-54(50,51)52)19-12-18-33-39(5,6)35-28(37(45)26(3)4)16-11-17-30(35)42(33)20-13-22-53(47,48)49;3*1-4(2)3/h7,9-10,15-16,18-23,29-32H,8,11-14,17,24-28H2,1-6H3,(H3-,52,53,54,55,56,57,58,59,60,61,62,63);11-12,16-19,24-26H,9-10,13-15,20-23H2,1-8H3,(H2-,41,46,47,48,49,50,51,52);;;. The van der Waals surface area contributed by atoms with Gasteiger partial charge in [-0.2, -0.15) is 42.8 Å². The molecule has 46 heteroatoms. The minimum atomic E-state index is -4.65. The van der Waals surface area contributed by atoms with Gasteiger partial charge in [-0.15, -0.1) is 37.9 Å². The first-order valence-electron chi connectivity index (χ1n) is 42.1. The number of ketones is 2. The number of carbonyl (C=O) groups is 4. The molecular formula is C88H111N5O32S9. The third-order valence-corrected chi connectivity index (χ3v) is 27.6. The smallest absolute Gasteiger partial charge is 0.425 e. The fraction of sp³-hybridized carbons (Fsp3) is 0.455. The number of ether oxygens (including phenoxy) is 1. The largest absolute Gasteiger partial charge is 0.748 e. The minimum absolute atomic E-state index is 0.0000531. The van der Waals surface area contributed by atoms with Crippen molar-refractivity contribution in [1.29, 1.82) is 0 Å². The van der Waals surface area contributed by atoms with Crippen LogP contribution in [0.25, 0.3) is 21.5 Å². The van der Waals surface area contributed by atoms with Crippen molar-refractivity contribution in [2.24, 2.45) is 5.92 Å². The van der Waals surface area contributed by atoms with Crippen molar-refractivity contribution in [3.63, 3.8) is 0 Å². The molecule has 4 heterocycles. The third-order valence-electron chi connectivity index (χ3n) is 22.7. The number of aryl methyl sites for hydroxylation is 1. The summed E-state index contributed by atoms with van der Waals surface area (Å²) in [5, 5.41) is 5.32. The van der Waals surface area contributed by atoms with E-state index in [0.29, 0.717) is 99.1 Å². The molecule has 0 spiro atoms. The van der Waals surface area contributed by atoms with Gasteiger partial charge in [-0.05, 0) is 206 Å². The number of anilines is 2. The molecule has 4 aliphatic heterocycles. The number of rotatable bonds is 37. The summed E-state index contributed by atoms with van der Waals surface area (Å²) in [6.07, 6.45) is 17.7. The molecule has 1 unspecified atom stereocenters. The zero-order valence-electron chi connectivity index (χ0n) is 76.2. The van der Waals surface area contributed by atoms with Crippen LogP contribution in [0.1, 0.15) is 220 Å². The normalized spacial score (nSPS) is 16.7. The number of esters is 1. The molecule has 0 saturated carbocycles. The highest BCUT2D eigenvalue weighted by molar-refractivity contribution is 7.87. The molecule has 0 aliphatic carbocycles. The average molecular weight is 2040 g/mol. The lowest BCUT2D eigenvalue weighted by atomic mass is 9.76. The van der Waals surface area contributed by atoms with E-state index in [2.05, 4.69) is 9.89 Å². The van der Waals surface area contributed by atoms with Crippen LogP contribution in [-0.4, -0.2) is 222 Å². The Morgan fingerprint density at radius 3 is 1.54 bits per heavy atom. The number of benzene rings is 6. The molecular weight excluding hydrogens is 1930 g/mol. The zero-order valence-corrected chi connectivity index (χ0v) is 83.5. The second kappa shape index (κ2) is 46.3. The van der Waals surface area contributed by atoms with E-state index >= 15 is 0 Å². The van der Waals surface area contributed by atoms with Crippen LogP contribution in [0, 0.1) is 12.8 Å². The number of nitrogens with zero attached hydrogens (tertiary/aromatic N) is 4. The molecule has 1 atom stereocenters. The predicted molar refractivity (Wildman–Crippen MR) is 500 cm³/mol. The monoisotopic (exact) mass is 2040 g/mol. The van der Waals surface area contributed by atoms with Crippen molar-refractivity contribution in [3.8, 4) is 0 Å². The minimum Gasteiger partial charge on any atom is -0.748 e. The van der Waals surface area contributed by atoms with Crippen molar-refractivity contribution in [1.82, 2.24) is 5.32 Å². The average Bonchev–Trinajstić information content (AvgIpc) is 1.57. The Bertz CT molecular complexity index is 6840. The highest BCUT2D eigenvalue weighted by atomic mass is 32.2. The van der Waals surface area contributed by atoms with Gasteiger partial charge in [0.05, 0.1) is 64.0 Å². The van der Waals surface area contributed by atoms with Gasteiger partial charge >= 0.3 is 37.8 Å². The topological polar surface area (TPSA) is 588 Å². The van der Waals surface area contributed by atoms with E-state index in [9.17, 15) is 97.0 Å². The SMILES string of the molecule is CCCC(=O)c1cc(C(=O)NCC)cc2c1C(C)(C)C(=CC=CC1=[N+](CCCS(=O)(=O)O)c3cccc(C(=O)C(C)C)c3C1(C)C)N2CCCS(=O)(=O)[O-].Cc1cc(S(=O)(=O)O)cc2c3c(ccc12)[N+](CCCCCC(=O)OC(C)C)=C(C=CC=CC=C1N(CCCS(=O)(=O)[O-])c2ccc4ccc(S(=O)(=O)O)cc4c2C1(C)CCCS(=O)(=O)O)C3(C)C.O=S(=O)=O.O=S(=O)=O.O=S(=O)=O. The Morgan fingerprint density at radius 1 is 0.500 bits per heavy atom. The molecule has 10 rings (SSSR count). The number of Topliss-reactive ketones (excluding diaryl/α,β-unsaturated/α-hetero) is 2. The van der Waals surface area contributed by atoms with Crippen LogP contribution >= 0.6 is 0 Å². The summed E-state index contributed by atoms with van der Waals surface area (Å²) in [5.41, 5.74) is 7.25. The van der Waals surface area contributed by atoms with Gasteiger partial charge in [-0.25, -0.2) is 16.8 Å². The number of hydrogen-bond donors (Lipinski definition) is 5. The first kappa shape index (κ1) is 113. The molecule has 734 valence electrons. The zero-order chi connectivity index (χ0) is 101. The van der Waals surface area contributed by atoms with Gasteiger partial charge in [0.2, 0.25) is 11.4 Å². The highest BCUT2D eigenvalue weighted by Gasteiger charge is 2.50.